The van der Waals surface area contributed by atoms with Crippen LogP contribution in [0.5, 0.6) is 0 Å². The average molecular weight is 251 g/mol. The van der Waals surface area contributed by atoms with Gasteiger partial charge in [-0.05, 0) is 51.5 Å². The van der Waals surface area contributed by atoms with E-state index in [1.54, 1.807) is 0 Å². The number of nitrogens with one attached hydrogen (secondary N) is 1. The average Bonchev–Trinajstić information content (AvgIpc) is 3.24. The molecule has 0 radical (unpaired) electrons. The van der Waals surface area contributed by atoms with Crippen LogP contribution >= 0.6 is 0 Å². The predicted octanol–water partition coefficient (Wildman–Crippen LogP) is 1.54. The molecule has 0 spiro atoms. The van der Waals surface area contributed by atoms with Gasteiger partial charge in [-0.2, -0.15) is 0 Å². The summed E-state index contributed by atoms with van der Waals surface area (Å²) in [6.07, 6.45) is 8.57. The fourth-order valence-electron chi connectivity index (χ4n) is 3.71. The predicted molar refractivity (Wildman–Crippen MR) is 75.8 cm³/mol. The minimum absolute atomic E-state index is 0.789. The van der Waals surface area contributed by atoms with Crippen LogP contribution in [0.4, 0.5) is 0 Å². The van der Waals surface area contributed by atoms with Crippen LogP contribution in [-0.2, 0) is 0 Å². The molecular weight excluding hydrogens is 222 g/mol. The second-order valence-corrected chi connectivity index (χ2v) is 6.57. The molecule has 0 aromatic rings. The maximum absolute atomic E-state index is 3.44. The van der Waals surface area contributed by atoms with E-state index in [0.29, 0.717) is 0 Å². The van der Waals surface area contributed by atoms with Crippen molar-refractivity contribution in [3.63, 3.8) is 0 Å². The monoisotopic (exact) mass is 251 g/mol. The summed E-state index contributed by atoms with van der Waals surface area (Å²) < 4.78 is 0. The molecule has 3 aliphatic rings. The Morgan fingerprint density at radius 3 is 2.11 bits per heavy atom. The third kappa shape index (κ3) is 3.25. The van der Waals surface area contributed by atoms with E-state index in [1.807, 2.05) is 0 Å². The summed E-state index contributed by atoms with van der Waals surface area (Å²) in [5.41, 5.74) is 0. The molecule has 2 saturated carbocycles. The Hall–Kier alpha value is -0.120. The smallest absolute Gasteiger partial charge is 0.0113 e. The van der Waals surface area contributed by atoms with E-state index in [4.69, 9.17) is 0 Å². The fourth-order valence-corrected chi connectivity index (χ4v) is 3.71. The Morgan fingerprint density at radius 2 is 1.56 bits per heavy atom. The van der Waals surface area contributed by atoms with Gasteiger partial charge in [-0.1, -0.05) is 0 Å². The van der Waals surface area contributed by atoms with Crippen LogP contribution in [0.25, 0.3) is 0 Å². The lowest BCUT2D eigenvalue weighted by Gasteiger charge is -2.42. The van der Waals surface area contributed by atoms with E-state index in [2.05, 4.69) is 22.2 Å². The van der Waals surface area contributed by atoms with Gasteiger partial charge in [0.25, 0.3) is 0 Å². The lowest BCUT2D eigenvalue weighted by atomic mass is 9.90. The lowest BCUT2D eigenvalue weighted by Crippen LogP contribution is -2.52. The highest BCUT2D eigenvalue weighted by atomic mass is 15.3. The van der Waals surface area contributed by atoms with Crippen LogP contribution in [0.1, 0.15) is 38.5 Å². The van der Waals surface area contributed by atoms with Gasteiger partial charge in [0.2, 0.25) is 0 Å². The molecule has 1 aliphatic heterocycles. The second kappa shape index (κ2) is 5.89. The Labute approximate surface area is 112 Å². The van der Waals surface area contributed by atoms with Crippen LogP contribution in [0.3, 0.4) is 0 Å². The number of hydrogen-bond donors (Lipinski definition) is 1. The summed E-state index contributed by atoms with van der Waals surface area (Å²) >= 11 is 0. The number of rotatable bonds is 4. The van der Waals surface area contributed by atoms with Crippen LogP contribution < -0.4 is 5.32 Å². The molecule has 0 aromatic heterocycles. The molecule has 0 unspecified atom stereocenters. The summed E-state index contributed by atoms with van der Waals surface area (Å²) in [5.74, 6) is 1.06. The molecule has 0 amide bonds. The number of piperazine rings is 1. The molecule has 18 heavy (non-hydrogen) atoms. The van der Waals surface area contributed by atoms with Crippen molar-refractivity contribution in [3.8, 4) is 0 Å². The van der Waals surface area contributed by atoms with Crippen molar-refractivity contribution in [2.45, 2.75) is 50.6 Å². The Balaban J connectivity index is 1.39. The van der Waals surface area contributed by atoms with Crippen molar-refractivity contribution in [2.75, 3.05) is 39.8 Å². The van der Waals surface area contributed by atoms with Gasteiger partial charge in [-0.15, -0.1) is 0 Å². The molecular formula is C15H29N3. The highest BCUT2D eigenvalue weighted by Gasteiger charge is 2.30. The van der Waals surface area contributed by atoms with Crippen molar-refractivity contribution in [1.82, 2.24) is 15.1 Å². The Bertz CT molecular complexity index is 248. The van der Waals surface area contributed by atoms with E-state index in [1.165, 1.54) is 71.2 Å². The van der Waals surface area contributed by atoms with E-state index < -0.39 is 0 Å². The van der Waals surface area contributed by atoms with Crippen LogP contribution in [0, 0.1) is 5.92 Å². The first-order valence-corrected chi connectivity index (χ1v) is 7.99. The molecule has 3 rings (SSSR count). The molecule has 3 fully saturated rings. The van der Waals surface area contributed by atoms with Crippen molar-refractivity contribution in [2.24, 2.45) is 5.92 Å². The second-order valence-electron chi connectivity index (χ2n) is 6.57. The normalized spacial score (nSPS) is 35.8. The molecule has 1 saturated heterocycles. The van der Waals surface area contributed by atoms with Crippen molar-refractivity contribution >= 4 is 0 Å². The fraction of sp³-hybridized carbons (Fsp3) is 1.00. The quantitative estimate of drug-likeness (QED) is 0.818. The summed E-state index contributed by atoms with van der Waals surface area (Å²) in [6, 6.07) is 1.68. The Morgan fingerprint density at radius 1 is 0.889 bits per heavy atom. The zero-order valence-electron chi connectivity index (χ0n) is 11.9. The molecule has 3 nitrogen and oxygen atoms in total. The van der Waals surface area contributed by atoms with Crippen LogP contribution in [-0.4, -0.2) is 61.7 Å². The van der Waals surface area contributed by atoms with E-state index in [0.717, 1.165) is 18.0 Å². The van der Waals surface area contributed by atoms with Crippen molar-refractivity contribution < 1.29 is 0 Å². The lowest BCUT2D eigenvalue weighted by molar-refractivity contribution is 0.0725. The first-order valence-electron chi connectivity index (χ1n) is 7.99. The highest BCUT2D eigenvalue weighted by Crippen LogP contribution is 2.30. The van der Waals surface area contributed by atoms with Crippen molar-refractivity contribution in [3.05, 3.63) is 0 Å². The summed E-state index contributed by atoms with van der Waals surface area (Å²) in [5, 5.41) is 3.44. The minimum Gasteiger partial charge on any atom is -0.317 e. The molecule has 1 heterocycles. The largest absolute Gasteiger partial charge is 0.317 e. The minimum atomic E-state index is 0.789. The third-order valence-corrected chi connectivity index (χ3v) is 5.24. The first-order chi connectivity index (χ1) is 8.85. The highest BCUT2D eigenvalue weighted by molar-refractivity contribution is 4.86. The van der Waals surface area contributed by atoms with Gasteiger partial charge in [-0.3, -0.25) is 4.90 Å². The van der Waals surface area contributed by atoms with E-state index >= 15 is 0 Å². The van der Waals surface area contributed by atoms with E-state index in [9.17, 15) is 0 Å². The maximum atomic E-state index is 3.44. The third-order valence-electron chi connectivity index (χ3n) is 5.24. The summed E-state index contributed by atoms with van der Waals surface area (Å²) in [4.78, 5) is 5.47. The summed E-state index contributed by atoms with van der Waals surface area (Å²) in [6.45, 7) is 6.68. The molecule has 0 bridgehead atoms. The van der Waals surface area contributed by atoms with Gasteiger partial charge in [0.1, 0.15) is 0 Å². The van der Waals surface area contributed by atoms with Gasteiger partial charge in [0.05, 0.1) is 0 Å². The van der Waals surface area contributed by atoms with Gasteiger partial charge >= 0.3 is 0 Å². The zero-order valence-corrected chi connectivity index (χ0v) is 11.9. The first kappa shape index (κ1) is 12.9. The molecule has 0 aromatic carbocycles. The van der Waals surface area contributed by atoms with Gasteiger partial charge in [0.15, 0.2) is 0 Å². The Kier molecular flexibility index (Phi) is 4.22. The number of hydrogen-bond acceptors (Lipinski definition) is 3. The zero-order chi connectivity index (χ0) is 12.4. The number of nitrogens with zero attached hydrogens (tertiary/aromatic N) is 2. The topological polar surface area (TPSA) is 18.5 Å². The van der Waals surface area contributed by atoms with Crippen molar-refractivity contribution in [1.29, 1.82) is 0 Å². The van der Waals surface area contributed by atoms with Gasteiger partial charge in [0, 0.05) is 44.8 Å². The van der Waals surface area contributed by atoms with Gasteiger partial charge in [-0.25, -0.2) is 0 Å². The summed E-state index contributed by atoms with van der Waals surface area (Å²) in [7, 11) is 2.11. The molecule has 3 heteroatoms. The van der Waals surface area contributed by atoms with Crippen LogP contribution in [0.15, 0.2) is 0 Å². The van der Waals surface area contributed by atoms with Gasteiger partial charge < -0.3 is 10.2 Å². The molecule has 1 N–H and O–H groups in total. The molecule has 0 atom stereocenters. The maximum Gasteiger partial charge on any atom is 0.0113 e. The standard InChI is InChI=1S/C15H29N3/c1-16-14-4-6-15(7-5-14)18-10-8-17(9-11-18)12-13-2-3-13/h13-16H,2-12H2,1H3/t14-,15+. The van der Waals surface area contributed by atoms with Crippen LogP contribution in [0.2, 0.25) is 0 Å². The molecule has 2 aliphatic carbocycles. The van der Waals surface area contributed by atoms with E-state index in [-0.39, 0.29) is 0 Å². The molecule has 104 valence electrons. The SMILES string of the molecule is CN[C@H]1CC[C@@H](N2CCN(CC3CC3)CC2)CC1.